The Morgan fingerprint density at radius 2 is 1.88 bits per heavy atom. The van der Waals surface area contributed by atoms with Gasteiger partial charge in [-0.1, -0.05) is 12.2 Å². The molecule has 0 nitrogen and oxygen atoms in total. The van der Waals surface area contributed by atoms with Crippen molar-refractivity contribution < 1.29 is 13.2 Å². The van der Waals surface area contributed by atoms with Gasteiger partial charge in [0.2, 0.25) is 0 Å². The van der Waals surface area contributed by atoms with Crippen LogP contribution in [0.25, 0.3) is 0 Å². The van der Waals surface area contributed by atoms with E-state index in [9.17, 15) is 13.2 Å². The molecule has 48 valence electrons. The smallest absolute Gasteiger partial charge is 0.171 e. The summed E-state index contributed by atoms with van der Waals surface area (Å²) in [6.07, 6.45) is -4.90. The lowest BCUT2D eigenvalue weighted by Crippen LogP contribution is -2.05. The van der Waals surface area contributed by atoms with Crippen LogP contribution in [0, 0.1) is 0 Å². The van der Waals surface area contributed by atoms with Gasteiger partial charge in [0, 0.05) is 6.42 Å². The van der Waals surface area contributed by atoms with Crippen molar-refractivity contribution in [3.63, 3.8) is 0 Å². The van der Waals surface area contributed by atoms with Crippen LogP contribution in [-0.2, 0) is 0 Å². The fourth-order valence-electron chi connectivity index (χ4n) is 0.223. The van der Waals surface area contributed by atoms with Crippen LogP contribution in [-0.4, -0.2) is 11.5 Å². The van der Waals surface area contributed by atoms with E-state index in [1.165, 1.54) is 0 Å². The van der Waals surface area contributed by atoms with Crippen molar-refractivity contribution in [1.82, 2.24) is 0 Å². The molecule has 0 bridgehead atoms. The highest BCUT2D eigenvalue weighted by molar-refractivity contribution is 7.78. The summed E-state index contributed by atoms with van der Waals surface area (Å²) < 4.78 is 33.5. The predicted molar refractivity (Wildman–Crippen MR) is 28.9 cm³/mol. The minimum atomic E-state index is -4.05. The van der Waals surface area contributed by atoms with Gasteiger partial charge in [-0.3, -0.25) is 0 Å². The lowest BCUT2D eigenvalue weighted by atomic mass is 10.3. The van der Waals surface area contributed by atoms with E-state index in [2.05, 4.69) is 12.2 Å². The van der Waals surface area contributed by atoms with E-state index in [-0.39, 0.29) is 6.42 Å². The summed E-state index contributed by atoms with van der Waals surface area (Å²) in [5.41, 5.74) is 0. The lowest BCUT2D eigenvalue weighted by molar-refractivity contribution is -0.132. The zero-order valence-corrected chi connectivity index (χ0v) is 4.85. The van der Waals surface area contributed by atoms with Crippen LogP contribution in [0.1, 0.15) is 12.8 Å². The molecule has 0 heterocycles. The van der Waals surface area contributed by atoms with Crippen molar-refractivity contribution in [2.45, 2.75) is 19.0 Å². The quantitative estimate of drug-likeness (QED) is 0.533. The number of thiocarbonyl (C=S) groups is 1. The molecule has 0 rings (SSSR count). The molecule has 8 heavy (non-hydrogen) atoms. The molecule has 0 aromatic carbocycles. The molecule has 0 saturated carbocycles. The van der Waals surface area contributed by atoms with Gasteiger partial charge in [0.25, 0.3) is 0 Å². The Kier molecular flexibility index (Phi) is 2.97. The number of rotatable bonds is 2. The van der Waals surface area contributed by atoms with Crippen LogP contribution in [0.4, 0.5) is 13.2 Å². The SMILES string of the molecule is FC(F)(F)CCC=S. The van der Waals surface area contributed by atoms with E-state index >= 15 is 0 Å². The van der Waals surface area contributed by atoms with Gasteiger partial charge in [-0.25, -0.2) is 0 Å². The second-order valence-electron chi connectivity index (χ2n) is 1.32. The Morgan fingerprint density at radius 1 is 1.38 bits per heavy atom. The van der Waals surface area contributed by atoms with E-state index in [1.54, 1.807) is 0 Å². The van der Waals surface area contributed by atoms with Crippen molar-refractivity contribution in [2.24, 2.45) is 0 Å². The molecule has 0 aromatic rings. The highest BCUT2D eigenvalue weighted by Gasteiger charge is 2.25. The normalized spacial score (nSPS) is 11.4. The monoisotopic (exact) mass is 142 g/mol. The lowest BCUT2D eigenvalue weighted by Gasteiger charge is -2.00. The molecule has 4 heteroatoms. The van der Waals surface area contributed by atoms with Crippen LogP contribution in [0.15, 0.2) is 0 Å². The Hall–Kier alpha value is -0.120. The zero-order valence-electron chi connectivity index (χ0n) is 4.03. The molecule has 0 spiro atoms. The molecule has 0 aliphatic rings. The van der Waals surface area contributed by atoms with Gasteiger partial charge < -0.3 is 0 Å². The van der Waals surface area contributed by atoms with E-state index in [0.717, 1.165) is 5.37 Å². The Labute approximate surface area is 50.7 Å². The van der Waals surface area contributed by atoms with E-state index in [0.29, 0.717) is 0 Å². The molecule has 0 aliphatic carbocycles. The first kappa shape index (κ1) is 7.88. The molecular weight excluding hydrogens is 137 g/mol. The maximum atomic E-state index is 11.2. The maximum absolute atomic E-state index is 11.2. The van der Waals surface area contributed by atoms with Gasteiger partial charge in [-0.05, 0) is 11.8 Å². The van der Waals surface area contributed by atoms with Crippen LogP contribution in [0.2, 0.25) is 0 Å². The fourth-order valence-corrected chi connectivity index (χ4v) is 0.340. The van der Waals surface area contributed by atoms with Gasteiger partial charge in [0.1, 0.15) is 0 Å². The maximum Gasteiger partial charge on any atom is 0.389 e. The number of hydrogen-bond acceptors (Lipinski definition) is 1. The van der Waals surface area contributed by atoms with Crippen molar-refractivity contribution in [2.75, 3.05) is 0 Å². The summed E-state index contributed by atoms with van der Waals surface area (Å²) in [6, 6.07) is 0. The average molecular weight is 142 g/mol. The van der Waals surface area contributed by atoms with Gasteiger partial charge in [0.15, 0.2) is 0 Å². The molecule has 0 N–H and O–H groups in total. The van der Waals surface area contributed by atoms with Gasteiger partial charge in [-0.15, -0.1) is 0 Å². The first-order valence-corrected chi connectivity index (χ1v) is 2.54. The van der Waals surface area contributed by atoms with Gasteiger partial charge in [-0.2, -0.15) is 13.2 Å². The largest absolute Gasteiger partial charge is 0.389 e. The molecular formula is C4H5F3S. The number of halogens is 3. The molecule has 0 unspecified atom stereocenters. The third-order valence-electron chi connectivity index (χ3n) is 0.546. The third-order valence-corrected chi connectivity index (χ3v) is 0.781. The zero-order chi connectivity index (χ0) is 6.62. The molecule has 0 saturated heterocycles. The second-order valence-corrected chi connectivity index (χ2v) is 1.65. The summed E-state index contributed by atoms with van der Waals surface area (Å²) in [4.78, 5) is 0. The van der Waals surface area contributed by atoms with Crippen molar-refractivity contribution in [1.29, 1.82) is 0 Å². The van der Waals surface area contributed by atoms with Gasteiger partial charge >= 0.3 is 6.18 Å². The minimum absolute atomic E-state index is 0.0567. The van der Waals surface area contributed by atoms with Crippen molar-refractivity contribution in [3.05, 3.63) is 0 Å². The van der Waals surface area contributed by atoms with E-state index < -0.39 is 12.6 Å². The highest BCUT2D eigenvalue weighted by atomic mass is 32.1. The summed E-state index contributed by atoms with van der Waals surface area (Å²) in [5, 5.41) is 1.09. The summed E-state index contributed by atoms with van der Waals surface area (Å²) in [6.45, 7) is 0. The average Bonchev–Trinajstić information content (AvgIpc) is 1.59. The highest BCUT2D eigenvalue weighted by Crippen LogP contribution is 2.20. The molecule has 0 amide bonds. The third kappa shape index (κ3) is 5.88. The first-order valence-electron chi connectivity index (χ1n) is 2.06. The summed E-state index contributed by atoms with van der Waals surface area (Å²) >= 11 is 4.20. The summed E-state index contributed by atoms with van der Waals surface area (Å²) in [7, 11) is 0. The minimum Gasteiger partial charge on any atom is -0.171 e. The Bertz CT molecular complexity index is 75.8. The Morgan fingerprint density at radius 3 is 2.00 bits per heavy atom. The van der Waals surface area contributed by atoms with E-state index in [4.69, 9.17) is 0 Å². The first-order chi connectivity index (χ1) is 3.56. The van der Waals surface area contributed by atoms with Crippen LogP contribution in [0.3, 0.4) is 0 Å². The van der Waals surface area contributed by atoms with Crippen molar-refractivity contribution >= 4 is 17.6 Å². The Balaban J connectivity index is 3.24. The molecule has 0 aliphatic heterocycles. The van der Waals surface area contributed by atoms with Crippen LogP contribution < -0.4 is 0 Å². The van der Waals surface area contributed by atoms with Crippen molar-refractivity contribution in [3.8, 4) is 0 Å². The van der Waals surface area contributed by atoms with Gasteiger partial charge in [0.05, 0.1) is 0 Å². The molecule has 0 atom stereocenters. The topological polar surface area (TPSA) is 0 Å². The van der Waals surface area contributed by atoms with E-state index in [1.807, 2.05) is 0 Å². The predicted octanol–water partition coefficient (Wildman–Crippen LogP) is 2.33. The fraction of sp³-hybridized carbons (Fsp3) is 0.750. The molecule has 0 aromatic heterocycles. The number of hydrogen-bond donors (Lipinski definition) is 0. The second kappa shape index (κ2) is 3.02. The standard InChI is InChI=1S/C4H5F3S/c5-4(6,7)2-1-3-8/h3H,1-2H2. The van der Waals surface area contributed by atoms with Crippen LogP contribution >= 0.6 is 12.2 Å². The number of alkyl halides is 3. The van der Waals surface area contributed by atoms with Crippen LogP contribution in [0.5, 0.6) is 0 Å². The molecule has 0 fully saturated rings. The summed E-state index contributed by atoms with van der Waals surface area (Å²) in [5.74, 6) is 0. The molecule has 0 radical (unpaired) electrons.